The number of nitrogens with one attached hydrogen (secondary N) is 1. The molecule has 0 bridgehead atoms. The number of imide groups is 2. The lowest BCUT2D eigenvalue weighted by Gasteiger charge is -2.46. The lowest BCUT2D eigenvalue weighted by molar-refractivity contribution is -0.155. The van der Waals surface area contributed by atoms with E-state index in [0.717, 1.165) is 29.1 Å². The number of benzene rings is 1. The van der Waals surface area contributed by atoms with E-state index in [1.165, 1.54) is 0 Å². The Kier molecular flexibility index (Phi) is 7.13. The summed E-state index contributed by atoms with van der Waals surface area (Å²) in [5, 5.41) is 2.23. The van der Waals surface area contributed by atoms with Crippen LogP contribution in [0.15, 0.2) is 24.3 Å². The molecule has 1 unspecified atom stereocenters. The van der Waals surface area contributed by atoms with Crippen molar-refractivity contribution in [3.8, 4) is 5.75 Å². The maximum Gasteiger partial charge on any atom is 0.410 e. The van der Waals surface area contributed by atoms with Gasteiger partial charge in [-0.1, -0.05) is 12.1 Å². The van der Waals surface area contributed by atoms with Crippen LogP contribution in [0.1, 0.15) is 58.4 Å². The minimum atomic E-state index is -0.895. The van der Waals surface area contributed by atoms with Crippen LogP contribution < -0.4 is 10.1 Å². The molecule has 0 aromatic heterocycles. The Morgan fingerprint density at radius 1 is 1.03 bits per heavy atom. The van der Waals surface area contributed by atoms with Crippen LogP contribution in [0.4, 0.5) is 4.79 Å². The van der Waals surface area contributed by atoms with E-state index in [0.29, 0.717) is 32.7 Å². The molecule has 39 heavy (non-hydrogen) atoms. The predicted octanol–water partition coefficient (Wildman–Crippen LogP) is 1.83. The molecule has 11 heteroatoms. The van der Waals surface area contributed by atoms with Crippen molar-refractivity contribution in [1.29, 1.82) is 0 Å². The highest BCUT2D eigenvalue weighted by molar-refractivity contribution is 6.11. The Balaban J connectivity index is 1.08. The number of nitrogens with zero attached hydrogens (tertiary/aromatic N) is 3. The Morgan fingerprint density at radius 3 is 2.31 bits per heavy atom. The number of carbonyl (C=O) groups excluding carboxylic acids is 5. The third kappa shape index (κ3) is 5.78. The number of hydrogen-bond donors (Lipinski definition) is 1. The lowest BCUT2D eigenvalue weighted by atomic mass is 9.78. The SMILES string of the molecule is CC(C)(C)OC(=O)N1CCC(Oc2ccc(CN3CC4(CC(=O)N(C5CCC(=O)NC5=O)C4=O)C3)cc2)CC1. The second kappa shape index (κ2) is 10.3. The lowest BCUT2D eigenvalue weighted by Crippen LogP contribution is -2.61. The third-order valence-corrected chi connectivity index (χ3v) is 7.73. The molecular formula is C28H36N4O7. The van der Waals surface area contributed by atoms with E-state index in [1.807, 2.05) is 45.0 Å². The van der Waals surface area contributed by atoms with Crippen molar-refractivity contribution in [1.82, 2.24) is 20.0 Å². The smallest absolute Gasteiger partial charge is 0.410 e. The molecule has 1 aromatic carbocycles. The van der Waals surface area contributed by atoms with Gasteiger partial charge in [-0.05, 0) is 44.9 Å². The normalized spacial score (nSPS) is 24.1. The first-order valence-corrected chi connectivity index (χ1v) is 13.6. The van der Waals surface area contributed by atoms with E-state index in [-0.39, 0.29) is 49.2 Å². The van der Waals surface area contributed by atoms with Gasteiger partial charge >= 0.3 is 6.09 Å². The summed E-state index contributed by atoms with van der Waals surface area (Å²) in [6.07, 6.45) is 1.61. The van der Waals surface area contributed by atoms with E-state index < -0.39 is 23.0 Å². The fourth-order valence-corrected chi connectivity index (χ4v) is 5.84. The van der Waals surface area contributed by atoms with E-state index in [9.17, 15) is 24.0 Å². The fourth-order valence-electron chi connectivity index (χ4n) is 5.84. The quantitative estimate of drug-likeness (QED) is 0.561. The van der Waals surface area contributed by atoms with Crippen LogP contribution in [0, 0.1) is 5.41 Å². The molecule has 0 saturated carbocycles. The van der Waals surface area contributed by atoms with Gasteiger partial charge in [0.1, 0.15) is 23.5 Å². The predicted molar refractivity (Wildman–Crippen MR) is 138 cm³/mol. The zero-order valence-corrected chi connectivity index (χ0v) is 22.7. The van der Waals surface area contributed by atoms with Crippen LogP contribution in [0.2, 0.25) is 0 Å². The van der Waals surface area contributed by atoms with Gasteiger partial charge < -0.3 is 14.4 Å². The molecule has 4 fully saturated rings. The number of hydrogen-bond acceptors (Lipinski definition) is 8. The van der Waals surface area contributed by atoms with Crippen molar-refractivity contribution < 1.29 is 33.4 Å². The second-order valence-electron chi connectivity index (χ2n) is 12.1. The van der Waals surface area contributed by atoms with Crippen LogP contribution >= 0.6 is 0 Å². The van der Waals surface area contributed by atoms with Gasteiger partial charge in [0.25, 0.3) is 0 Å². The van der Waals surface area contributed by atoms with Gasteiger partial charge in [0.2, 0.25) is 23.6 Å². The topological polar surface area (TPSA) is 126 Å². The molecule has 4 aliphatic rings. The number of carbonyl (C=O) groups is 5. The number of ether oxygens (including phenoxy) is 2. The average Bonchev–Trinajstić information content (AvgIpc) is 3.10. The maximum atomic E-state index is 13.2. The molecule has 0 aliphatic carbocycles. The monoisotopic (exact) mass is 540 g/mol. The largest absolute Gasteiger partial charge is 0.490 e. The van der Waals surface area contributed by atoms with Crippen LogP contribution in [0.5, 0.6) is 5.75 Å². The number of rotatable bonds is 5. The first-order chi connectivity index (χ1) is 18.4. The van der Waals surface area contributed by atoms with Gasteiger partial charge in [-0.15, -0.1) is 0 Å². The summed E-state index contributed by atoms with van der Waals surface area (Å²) >= 11 is 0. The van der Waals surface area contributed by atoms with Crippen molar-refractivity contribution in [2.24, 2.45) is 5.41 Å². The van der Waals surface area contributed by atoms with Crippen molar-refractivity contribution in [3.63, 3.8) is 0 Å². The van der Waals surface area contributed by atoms with Crippen LogP contribution in [-0.4, -0.2) is 88.3 Å². The summed E-state index contributed by atoms with van der Waals surface area (Å²) in [4.78, 5) is 66.7. The minimum absolute atomic E-state index is 0.0306. The Bertz CT molecular complexity index is 1160. The van der Waals surface area contributed by atoms with Crippen molar-refractivity contribution in [2.45, 2.75) is 77.2 Å². The molecule has 5 rings (SSSR count). The molecule has 1 spiro atoms. The molecule has 0 radical (unpaired) electrons. The maximum absolute atomic E-state index is 13.2. The van der Waals surface area contributed by atoms with Gasteiger partial charge in [0.05, 0.1) is 5.41 Å². The minimum Gasteiger partial charge on any atom is -0.490 e. The zero-order chi connectivity index (χ0) is 27.9. The number of amides is 5. The second-order valence-corrected chi connectivity index (χ2v) is 12.1. The molecule has 4 aliphatic heterocycles. The van der Waals surface area contributed by atoms with E-state index in [4.69, 9.17) is 9.47 Å². The molecule has 11 nitrogen and oxygen atoms in total. The Morgan fingerprint density at radius 2 is 1.69 bits per heavy atom. The van der Waals surface area contributed by atoms with Gasteiger partial charge in [-0.25, -0.2) is 4.79 Å². The zero-order valence-electron chi connectivity index (χ0n) is 22.7. The highest BCUT2D eigenvalue weighted by atomic mass is 16.6. The van der Waals surface area contributed by atoms with Crippen molar-refractivity contribution in [2.75, 3.05) is 26.2 Å². The van der Waals surface area contributed by atoms with Crippen molar-refractivity contribution >= 4 is 29.7 Å². The Hall–Kier alpha value is -3.47. The standard InChI is InChI=1S/C28H36N4O7/c1-27(2,3)39-26(37)31-12-10-20(11-13-31)38-19-6-4-18(5-7-19)15-30-16-28(17-30)14-23(34)32(25(28)36)21-8-9-22(33)29-24(21)35/h4-7,20-21H,8-17H2,1-3H3,(H,29,33,35). The first kappa shape index (κ1) is 27.1. The fraction of sp³-hybridized carbons (Fsp3) is 0.607. The summed E-state index contributed by atoms with van der Waals surface area (Å²) in [5.74, 6) is -0.824. The van der Waals surface area contributed by atoms with Crippen LogP contribution in [0.3, 0.4) is 0 Å². The van der Waals surface area contributed by atoms with Gasteiger partial charge in [-0.2, -0.15) is 0 Å². The Labute approximate surface area is 227 Å². The summed E-state index contributed by atoms with van der Waals surface area (Å²) in [6, 6.07) is 6.95. The van der Waals surface area contributed by atoms with Crippen molar-refractivity contribution in [3.05, 3.63) is 29.8 Å². The molecule has 1 aromatic rings. The summed E-state index contributed by atoms with van der Waals surface area (Å²) in [7, 11) is 0. The molecule has 5 amide bonds. The first-order valence-electron chi connectivity index (χ1n) is 13.6. The van der Waals surface area contributed by atoms with E-state index in [1.54, 1.807) is 4.90 Å². The molecule has 4 saturated heterocycles. The molecule has 1 atom stereocenters. The summed E-state index contributed by atoms with van der Waals surface area (Å²) < 4.78 is 11.6. The average molecular weight is 541 g/mol. The van der Waals surface area contributed by atoms with E-state index in [2.05, 4.69) is 10.2 Å². The van der Waals surface area contributed by atoms with Gasteiger partial charge in [0, 0.05) is 58.4 Å². The highest BCUT2D eigenvalue weighted by Gasteiger charge is 2.60. The summed E-state index contributed by atoms with van der Waals surface area (Å²) in [5.41, 5.74) is -0.227. The number of likely N-dealkylation sites (tertiary alicyclic amines) is 3. The molecule has 4 heterocycles. The third-order valence-electron chi connectivity index (χ3n) is 7.73. The molecule has 1 N–H and O–H groups in total. The molecular weight excluding hydrogens is 504 g/mol. The van der Waals surface area contributed by atoms with Gasteiger partial charge in [0.15, 0.2) is 0 Å². The van der Waals surface area contributed by atoms with E-state index >= 15 is 0 Å². The number of piperidine rings is 2. The van der Waals surface area contributed by atoms with Crippen LogP contribution in [-0.2, 0) is 30.5 Å². The van der Waals surface area contributed by atoms with Crippen LogP contribution in [0.25, 0.3) is 0 Å². The summed E-state index contributed by atoms with van der Waals surface area (Å²) in [6.45, 7) is 8.31. The van der Waals surface area contributed by atoms with Gasteiger partial charge in [-0.3, -0.25) is 34.3 Å². The molecule has 210 valence electrons. The highest BCUT2D eigenvalue weighted by Crippen LogP contribution is 2.43.